The molecule has 0 saturated heterocycles. The van der Waals surface area contributed by atoms with Crippen LogP contribution in [0.4, 0.5) is 5.69 Å². The highest BCUT2D eigenvalue weighted by atomic mass is 16.2. The van der Waals surface area contributed by atoms with Gasteiger partial charge in [0.1, 0.15) is 5.41 Å². The maximum atomic E-state index is 13.8. The van der Waals surface area contributed by atoms with E-state index >= 15 is 0 Å². The Bertz CT molecular complexity index is 1030. The van der Waals surface area contributed by atoms with Gasteiger partial charge in [-0.15, -0.1) is 6.42 Å². The zero-order valence-corrected chi connectivity index (χ0v) is 15.5. The minimum atomic E-state index is -0.934. The van der Waals surface area contributed by atoms with Crippen LogP contribution >= 0.6 is 0 Å². The highest BCUT2D eigenvalue weighted by Gasteiger charge is 2.55. The van der Waals surface area contributed by atoms with E-state index in [-0.39, 0.29) is 5.91 Å². The summed E-state index contributed by atoms with van der Waals surface area (Å²) in [5.41, 5.74) is 4.02. The Morgan fingerprint density at radius 3 is 2.22 bits per heavy atom. The molecule has 1 aliphatic heterocycles. The van der Waals surface area contributed by atoms with Crippen LogP contribution in [0, 0.1) is 19.3 Å². The van der Waals surface area contributed by atoms with Crippen LogP contribution in [0.3, 0.4) is 0 Å². The van der Waals surface area contributed by atoms with Crippen molar-refractivity contribution in [2.75, 3.05) is 11.9 Å². The molecule has 4 rings (SSSR count). The summed E-state index contributed by atoms with van der Waals surface area (Å²) in [7, 11) is 1.83. The molecule has 1 amide bonds. The molecular formula is C25H21NO. The molecule has 3 aromatic carbocycles. The first-order valence-electron chi connectivity index (χ1n) is 9.06. The number of fused-ring (bicyclic) bond motifs is 1. The van der Waals surface area contributed by atoms with Gasteiger partial charge < -0.3 is 4.90 Å². The van der Waals surface area contributed by atoms with E-state index in [1.165, 1.54) is 5.56 Å². The van der Waals surface area contributed by atoms with Crippen LogP contribution in [0.5, 0.6) is 0 Å². The van der Waals surface area contributed by atoms with Gasteiger partial charge in [0.15, 0.2) is 0 Å². The van der Waals surface area contributed by atoms with Crippen molar-refractivity contribution in [3.05, 3.63) is 101 Å². The predicted octanol–water partition coefficient (Wildman–Crippen LogP) is 4.67. The quantitative estimate of drug-likeness (QED) is 0.628. The molecule has 132 valence electrons. The van der Waals surface area contributed by atoms with Crippen molar-refractivity contribution < 1.29 is 4.79 Å². The second-order valence-corrected chi connectivity index (χ2v) is 7.07. The van der Waals surface area contributed by atoms with Gasteiger partial charge in [0, 0.05) is 12.7 Å². The van der Waals surface area contributed by atoms with E-state index in [4.69, 9.17) is 6.42 Å². The molecule has 0 aromatic heterocycles. The van der Waals surface area contributed by atoms with E-state index in [1.807, 2.05) is 92.8 Å². The topological polar surface area (TPSA) is 20.3 Å². The molecule has 2 atom stereocenters. The number of terminal acetylenes is 1. The molecule has 1 aliphatic rings. The number of benzene rings is 3. The van der Waals surface area contributed by atoms with E-state index in [1.54, 1.807) is 4.90 Å². The molecule has 0 fully saturated rings. The van der Waals surface area contributed by atoms with Crippen molar-refractivity contribution in [2.24, 2.45) is 0 Å². The van der Waals surface area contributed by atoms with Crippen molar-refractivity contribution in [3.8, 4) is 12.3 Å². The van der Waals surface area contributed by atoms with Gasteiger partial charge >= 0.3 is 0 Å². The number of carbonyl (C=O) groups is 1. The summed E-state index contributed by atoms with van der Waals surface area (Å²) in [5, 5.41) is 0. The largest absolute Gasteiger partial charge is 0.314 e. The van der Waals surface area contributed by atoms with Crippen molar-refractivity contribution in [1.82, 2.24) is 0 Å². The van der Waals surface area contributed by atoms with Gasteiger partial charge in [0.05, 0.1) is 5.92 Å². The first kappa shape index (κ1) is 17.1. The van der Waals surface area contributed by atoms with E-state index in [9.17, 15) is 4.79 Å². The normalized spacial score (nSPS) is 19.4. The Hall–Kier alpha value is -3.31. The van der Waals surface area contributed by atoms with Crippen LogP contribution < -0.4 is 4.90 Å². The van der Waals surface area contributed by atoms with E-state index in [0.29, 0.717) is 0 Å². The number of aryl methyl sites for hydroxylation is 1. The number of para-hydroxylation sites is 1. The number of hydrogen-bond donors (Lipinski definition) is 0. The predicted molar refractivity (Wildman–Crippen MR) is 110 cm³/mol. The molecule has 1 heterocycles. The Morgan fingerprint density at radius 2 is 1.56 bits per heavy atom. The number of amides is 1. The SMILES string of the molecule is C#CC(c1ccc(C)cc1)C1(c2ccccc2)C(=O)N(C)c2ccccc21. The van der Waals surface area contributed by atoms with E-state index in [0.717, 1.165) is 22.4 Å². The molecule has 3 aromatic rings. The number of likely N-dealkylation sites (N-methyl/N-ethyl adjacent to an activating group) is 1. The van der Waals surface area contributed by atoms with Crippen molar-refractivity contribution in [3.63, 3.8) is 0 Å². The highest BCUT2D eigenvalue weighted by Crippen LogP contribution is 2.53. The van der Waals surface area contributed by atoms with Gasteiger partial charge in [-0.05, 0) is 29.7 Å². The monoisotopic (exact) mass is 351 g/mol. The summed E-state index contributed by atoms with van der Waals surface area (Å²) in [6.07, 6.45) is 6.09. The highest BCUT2D eigenvalue weighted by molar-refractivity contribution is 6.11. The van der Waals surface area contributed by atoms with Crippen LogP contribution in [-0.4, -0.2) is 13.0 Å². The number of anilines is 1. The Labute approximate surface area is 160 Å². The molecule has 2 unspecified atom stereocenters. The average Bonchev–Trinajstić information content (AvgIpc) is 2.94. The number of carbonyl (C=O) groups excluding carboxylic acids is 1. The third kappa shape index (κ3) is 2.39. The van der Waals surface area contributed by atoms with Crippen molar-refractivity contribution in [1.29, 1.82) is 0 Å². The number of hydrogen-bond acceptors (Lipinski definition) is 1. The molecule has 2 nitrogen and oxygen atoms in total. The zero-order valence-electron chi connectivity index (χ0n) is 15.5. The first-order valence-corrected chi connectivity index (χ1v) is 9.06. The fourth-order valence-electron chi connectivity index (χ4n) is 4.24. The summed E-state index contributed by atoms with van der Waals surface area (Å²) >= 11 is 0. The summed E-state index contributed by atoms with van der Waals surface area (Å²) in [6.45, 7) is 2.05. The third-order valence-electron chi connectivity index (χ3n) is 5.57. The molecule has 0 aliphatic carbocycles. The van der Waals surface area contributed by atoms with Gasteiger partial charge in [-0.25, -0.2) is 0 Å². The second-order valence-electron chi connectivity index (χ2n) is 7.07. The van der Waals surface area contributed by atoms with Gasteiger partial charge in [0.2, 0.25) is 5.91 Å². The fourth-order valence-corrected chi connectivity index (χ4v) is 4.24. The summed E-state index contributed by atoms with van der Waals surface area (Å²) < 4.78 is 0. The molecule has 27 heavy (non-hydrogen) atoms. The second kappa shape index (κ2) is 6.45. The maximum absolute atomic E-state index is 13.8. The fraction of sp³-hybridized carbons (Fsp3) is 0.160. The Morgan fingerprint density at radius 1 is 0.926 bits per heavy atom. The van der Waals surface area contributed by atoms with Crippen LogP contribution in [-0.2, 0) is 10.2 Å². The lowest BCUT2D eigenvalue weighted by Crippen LogP contribution is -2.44. The zero-order chi connectivity index (χ0) is 19.0. The molecular weight excluding hydrogens is 330 g/mol. The van der Waals surface area contributed by atoms with E-state index in [2.05, 4.69) is 5.92 Å². The molecule has 0 bridgehead atoms. The number of nitrogens with zero attached hydrogens (tertiary/aromatic N) is 1. The van der Waals surface area contributed by atoms with Gasteiger partial charge in [-0.2, -0.15) is 0 Å². The molecule has 0 radical (unpaired) electrons. The third-order valence-corrected chi connectivity index (χ3v) is 5.57. The Balaban J connectivity index is 2.06. The average molecular weight is 351 g/mol. The van der Waals surface area contributed by atoms with Gasteiger partial charge in [-0.3, -0.25) is 4.79 Å². The van der Waals surface area contributed by atoms with Crippen molar-refractivity contribution >= 4 is 11.6 Å². The Kier molecular flexibility index (Phi) is 4.09. The van der Waals surface area contributed by atoms with Crippen LogP contribution in [0.1, 0.15) is 28.2 Å². The van der Waals surface area contributed by atoms with Crippen LogP contribution in [0.15, 0.2) is 78.9 Å². The van der Waals surface area contributed by atoms with Crippen LogP contribution in [0.2, 0.25) is 0 Å². The lowest BCUT2D eigenvalue weighted by Gasteiger charge is -2.34. The summed E-state index contributed by atoms with van der Waals surface area (Å²) in [5.74, 6) is 2.57. The molecule has 0 saturated carbocycles. The lowest BCUT2D eigenvalue weighted by molar-refractivity contribution is -0.121. The van der Waals surface area contributed by atoms with Crippen LogP contribution in [0.25, 0.3) is 0 Å². The van der Waals surface area contributed by atoms with Gasteiger partial charge in [-0.1, -0.05) is 84.3 Å². The lowest BCUT2D eigenvalue weighted by atomic mass is 9.64. The van der Waals surface area contributed by atoms with Gasteiger partial charge in [0.25, 0.3) is 0 Å². The molecule has 0 spiro atoms. The molecule has 0 N–H and O–H groups in total. The number of rotatable bonds is 3. The minimum absolute atomic E-state index is 0.0124. The summed E-state index contributed by atoms with van der Waals surface area (Å²) in [6, 6.07) is 26.0. The summed E-state index contributed by atoms with van der Waals surface area (Å²) in [4.78, 5) is 15.5. The standard InChI is InChI=1S/C25H21NO/c1-4-21(19-16-14-18(2)15-17-19)25(20-10-6-5-7-11-20)22-12-8-9-13-23(22)26(3)24(25)27/h1,5-17,21H,2-3H3. The first-order chi connectivity index (χ1) is 13.1. The minimum Gasteiger partial charge on any atom is -0.314 e. The molecule has 2 heteroatoms. The van der Waals surface area contributed by atoms with Crippen molar-refractivity contribution in [2.45, 2.75) is 18.3 Å². The smallest absolute Gasteiger partial charge is 0.243 e. The maximum Gasteiger partial charge on any atom is 0.243 e. The van der Waals surface area contributed by atoms with E-state index < -0.39 is 11.3 Å².